The van der Waals surface area contributed by atoms with Crippen molar-refractivity contribution >= 4 is 28.6 Å². The molecule has 0 bridgehead atoms. The van der Waals surface area contributed by atoms with Crippen LogP contribution in [0.1, 0.15) is 27.6 Å². The molecule has 160 valence electrons. The Morgan fingerprint density at radius 2 is 1.84 bits per heavy atom. The molecule has 1 aliphatic heterocycles. The lowest BCUT2D eigenvalue weighted by molar-refractivity contribution is -0.130. The first kappa shape index (κ1) is 20.6. The zero-order valence-corrected chi connectivity index (χ0v) is 17.7. The molecular formula is C23H24N4O4. The molecule has 1 unspecified atom stereocenters. The number of benzene rings is 1. The van der Waals surface area contributed by atoms with Gasteiger partial charge in [-0.3, -0.25) is 19.4 Å². The van der Waals surface area contributed by atoms with Crippen molar-refractivity contribution in [3.8, 4) is 5.75 Å². The molecule has 3 aromatic rings. The number of Topliss-reactive ketones (excluding diaryl/α,β-unsaturated/α-hetero) is 1. The van der Waals surface area contributed by atoms with E-state index < -0.39 is 11.7 Å². The Hall–Kier alpha value is -3.68. The molecule has 0 N–H and O–H groups in total. The van der Waals surface area contributed by atoms with E-state index in [2.05, 4.69) is 4.98 Å². The van der Waals surface area contributed by atoms with Crippen LogP contribution in [0.15, 0.2) is 48.8 Å². The van der Waals surface area contributed by atoms with Crippen molar-refractivity contribution in [3.63, 3.8) is 0 Å². The van der Waals surface area contributed by atoms with Crippen molar-refractivity contribution in [3.05, 3.63) is 59.9 Å². The van der Waals surface area contributed by atoms with Gasteiger partial charge in [0.15, 0.2) is 0 Å². The summed E-state index contributed by atoms with van der Waals surface area (Å²) in [5, 5.41) is 0. The Morgan fingerprint density at radius 3 is 2.52 bits per heavy atom. The molecule has 1 atom stereocenters. The Morgan fingerprint density at radius 1 is 1.10 bits per heavy atom. The van der Waals surface area contributed by atoms with Crippen LogP contribution in [0.5, 0.6) is 5.75 Å². The van der Waals surface area contributed by atoms with Crippen LogP contribution in [0.3, 0.4) is 0 Å². The van der Waals surface area contributed by atoms with E-state index in [9.17, 15) is 14.4 Å². The first-order chi connectivity index (χ1) is 14.9. The number of hydrogen-bond acceptors (Lipinski definition) is 5. The van der Waals surface area contributed by atoms with E-state index in [4.69, 9.17) is 4.74 Å². The molecule has 1 aliphatic rings. The molecule has 0 spiro atoms. The summed E-state index contributed by atoms with van der Waals surface area (Å²) in [6.45, 7) is 2.89. The number of amides is 2. The second-order valence-electron chi connectivity index (χ2n) is 7.66. The molecule has 3 heterocycles. The summed E-state index contributed by atoms with van der Waals surface area (Å²) >= 11 is 0. The van der Waals surface area contributed by atoms with Gasteiger partial charge in [0, 0.05) is 56.7 Å². The van der Waals surface area contributed by atoms with E-state index in [0.717, 1.165) is 0 Å². The standard InChI is InChI=1S/C23H24N4O4/c1-15-13-26(22(29)16-7-5-4-6-8-16)11-12-27(15)23(30)21(28)17-14-25(2)20-18(31-3)9-10-24-19(17)20/h4-10,14-15H,11-13H2,1-3H3. The van der Waals surface area contributed by atoms with Crippen LogP contribution in [0.25, 0.3) is 11.0 Å². The van der Waals surface area contributed by atoms with Gasteiger partial charge >= 0.3 is 0 Å². The highest BCUT2D eigenvalue weighted by Gasteiger charge is 2.34. The molecule has 0 saturated carbocycles. The Balaban J connectivity index is 1.53. The fourth-order valence-corrected chi connectivity index (χ4v) is 4.08. The summed E-state index contributed by atoms with van der Waals surface area (Å²) < 4.78 is 7.10. The first-order valence-corrected chi connectivity index (χ1v) is 10.1. The van der Waals surface area contributed by atoms with Crippen LogP contribution in [0.4, 0.5) is 0 Å². The largest absolute Gasteiger partial charge is 0.494 e. The second-order valence-corrected chi connectivity index (χ2v) is 7.66. The third-order valence-electron chi connectivity index (χ3n) is 5.67. The van der Waals surface area contributed by atoms with E-state index in [1.54, 1.807) is 54.2 Å². The molecule has 8 nitrogen and oxygen atoms in total. The minimum atomic E-state index is -0.610. The zero-order chi connectivity index (χ0) is 22.1. The summed E-state index contributed by atoms with van der Waals surface area (Å²) in [4.78, 5) is 46.4. The Bertz CT molecular complexity index is 1160. The number of rotatable bonds is 4. The fraction of sp³-hybridized carbons (Fsp3) is 0.304. The molecule has 2 amide bonds. The monoisotopic (exact) mass is 420 g/mol. The predicted octanol–water partition coefficient (Wildman–Crippen LogP) is 2.14. The highest BCUT2D eigenvalue weighted by Crippen LogP contribution is 2.28. The number of methoxy groups -OCH3 is 1. The quantitative estimate of drug-likeness (QED) is 0.477. The fourth-order valence-electron chi connectivity index (χ4n) is 4.08. The normalized spacial score (nSPS) is 16.4. The maximum absolute atomic E-state index is 13.1. The van der Waals surface area contributed by atoms with Crippen molar-refractivity contribution in [2.75, 3.05) is 26.7 Å². The SMILES string of the molecule is COc1ccnc2c(C(=O)C(=O)N3CCN(C(=O)c4ccccc4)CC3C)cn(C)c12. The third-order valence-corrected chi connectivity index (χ3v) is 5.67. The molecule has 0 radical (unpaired) electrons. The number of carbonyl (C=O) groups is 3. The average molecular weight is 420 g/mol. The predicted molar refractivity (Wildman–Crippen MR) is 115 cm³/mol. The maximum Gasteiger partial charge on any atom is 0.295 e. The summed E-state index contributed by atoms with van der Waals surface area (Å²) in [5.74, 6) is -0.686. The van der Waals surface area contributed by atoms with Gasteiger partial charge in [0.25, 0.3) is 17.6 Å². The third kappa shape index (κ3) is 3.65. The Labute approximate surface area is 180 Å². The smallest absolute Gasteiger partial charge is 0.295 e. The maximum atomic E-state index is 13.1. The molecule has 8 heteroatoms. The number of carbonyl (C=O) groups excluding carboxylic acids is 3. The van der Waals surface area contributed by atoms with E-state index in [1.165, 1.54) is 4.90 Å². The number of aromatic nitrogens is 2. The summed E-state index contributed by atoms with van der Waals surface area (Å²) in [6.07, 6.45) is 3.17. The van der Waals surface area contributed by atoms with Gasteiger partial charge in [-0.25, -0.2) is 0 Å². The number of ether oxygens (including phenoxy) is 1. The van der Waals surface area contributed by atoms with E-state index >= 15 is 0 Å². The van der Waals surface area contributed by atoms with Crippen LogP contribution >= 0.6 is 0 Å². The molecule has 2 aromatic heterocycles. The van der Waals surface area contributed by atoms with Crippen molar-refractivity contribution in [1.29, 1.82) is 0 Å². The second kappa shape index (κ2) is 8.22. The molecular weight excluding hydrogens is 396 g/mol. The van der Waals surface area contributed by atoms with Gasteiger partial charge in [-0.15, -0.1) is 0 Å². The number of nitrogens with zero attached hydrogens (tertiary/aromatic N) is 4. The number of fused-ring (bicyclic) bond motifs is 1. The number of hydrogen-bond donors (Lipinski definition) is 0. The van der Waals surface area contributed by atoms with E-state index in [-0.39, 0.29) is 17.5 Å². The minimum Gasteiger partial charge on any atom is -0.494 e. The zero-order valence-electron chi connectivity index (χ0n) is 17.7. The highest BCUT2D eigenvalue weighted by atomic mass is 16.5. The van der Waals surface area contributed by atoms with Gasteiger partial charge in [-0.2, -0.15) is 0 Å². The van der Waals surface area contributed by atoms with Gasteiger partial charge in [-0.05, 0) is 19.1 Å². The lowest BCUT2D eigenvalue weighted by atomic mass is 10.1. The van der Waals surface area contributed by atoms with Gasteiger partial charge in [0.05, 0.1) is 12.7 Å². The summed E-state index contributed by atoms with van der Waals surface area (Å²) in [7, 11) is 3.33. The van der Waals surface area contributed by atoms with Crippen LogP contribution in [-0.4, -0.2) is 69.7 Å². The van der Waals surface area contributed by atoms with Crippen molar-refractivity contribution in [1.82, 2.24) is 19.4 Å². The van der Waals surface area contributed by atoms with Crippen LogP contribution < -0.4 is 4.74 Å². The van der Waals surface area contributed by atoms with Gasteiger partial charge in [0.1, 0.15) is 16.8 Å². The average Bonchev–Trinajstić information content (AvgIpc) is 3.14. The molecule has 31 heavy (non-hydrogen) atoms. The lowest BCUT2D eigenvalue weighted by Crippen LogP contribution is -2.56. The number of piperazine rings is 1. The lowest BCUT2D eigenvalue weighted by Gasteiger charge is -2.39. The number of pyridine rings is 1. The van der Waals surface area contributed by atoms with Gasteiger partial charge in [-0.1, -0.05) is 18.2 Å². The van der Waals surface area contributed by atoms with Crippen molar-refractivity contribution < 1.29 is 19.1 Å². The molecule has 1 saturated heterocycles. The Kier molecular flexibility index (Phi) is 5.46. The molecule has 1 fully saturated rings. The van der Waals surface area contributed by atoms with Crippen LogP contribution in [0.2, 0.25) is 0 Å². The summed E-state index contributed by atoms with van der Waals surface area (Å²) in [5.41, 5.74) is 1.95. The topological polar surface area (TPSA) is 84.7 Å². The van der Waals surface area contributed by atoms with E-state index in [1.807, 2.05) is 25.1 Å². The van der Waals surface area contributed by atoms with Crippen LogP contribution in [-0.2, 0) is 11.8 Å². The van der Waals surface area contributed by atoms with Crippen molar-refractivity contribution in [2.24, 2.45) is 7.05 Å². The molecule has 4 rings (SSSR count). The summed E-state index contributed by atoms with van der Waals surface area (Å²) in [6, 6.07) is 10.5. The number of aryl methyl sites for hydroxylation is 1. The van der Waals surface area contributed by atoms with Gasteiger partial charge in [0.2, 0.25) is 0 Å². The molecule has 0 aliphatic carbocycles. The van der Waals surface area contributed by atoms with E-state index in [0.29, 0.717) is 42.0 Å². The highest BCUT2D eigenvalue weighted by molar-refractivity contribution is 6.44. The van der Waals surface area contributed by atoms with Crippen LogP contribution in [0, 0.1) is 0 Å². The first-order valence-electron chi connectivity index (χ1n) is 10.1. The van der Waals surface area contributed by atoms with Gasteiger partial charge < -0.3 is 19.1 Å². The minimum absolute atomic E-state index is 0.0729. The van der Waals surface area contributed by atoms with Crippen molar-refractivity contribution in [2.45, 2.75) is 13.0 Å². The molecule has 1 aromatic carbocycles. The number of ketones is 1.